The third-order valence-corrected chi connectivity index (χ3v) is 16.8. The molecule has 0 radical (unpaired) electrons. The lowest BCUT2D eigenvalue weighted by Crippen LogP contribution is -2.34. The van der Waals surface area contributed by atoms with Gasteiger partial charge in [-0.1, -0.05) is 167 Å². The SMILES string of the molecule is CC1(c2ccc3c(c2)C2(C4=C3C=CC(C3(C)CCOC3)C4)c3ccccc3-c3ccc(N(c4ccc5c(c4)C(C)(C)c4ccccc4-5)c4ccccc4-c4ccccc4)cc32)CCOC1. The van der Waals surface area contributed by atoms with Crippen LogP contribution in [-0.2, 0) is 25.7 Å². The Morgan fingerprint density at radius 1 is 0.508 bits per heavy atom. The van der Waals surface area contributed by atoms with Crippen molar-refractivity contribution in [3.63, 3.8) is 0 Å². The number of nitrogens with zero attached hydrogens (tertiary/aromatic N) is 1. The molecule has 4 atom stereocenters. The first-order valence-corrected chi connectivity index (χ1v) is 23.9. The Hall–Kier alpha value is -6.26. The van der Waals surface area contributed by atoms with Crippen LogP contribution in [0, 0.1) is 11.3 Å². The summed E-state index contributed by atoms with van der Waals surface area (Å²) in [6, 6.07) is 60.3. The fourth-order valence-corrected chi connectivity index (χ4v) is 13.1. The van der Waals surface area contributed by atoms with Crippen LogP contribution in [-0.4, -0.2) is 26.4 Å². The maximum atomic E-state index is 6.16. The van der Waals surface area contributed by atoms with Crippen molar-refractivity contribution >= 4 is 22.6 Å². The molecule has 65 heavy (non-hydrogen) atoms. The van der Waals surface area contributed by atoms with Gasteiger partial charge in [-0.05, 0) is 139 Å². The zero-order valence-corrected chi connectivity index (χ0v) is 38.0. The Balaban J connectivity index is 1.07. The fraction of sp³-hybridized carbons (Fsp3) is 0.258. The van der Waals surface area contributed by atoms with E-state index in [1.807, 2.05) is 0 Å². The molecule has 0 saturated carbocycles. The van der Waals surface area contributed by atoms with Crippen LogP contribution in [0.1, 0.15) is 85.9 Å². The third-order valence-electron chi connectivity index (χ3n) is 16.8. The second kappa shape index (κ2) is 14.1. The summed E-state index contributed by atoms with van der Waals surface area (Å²) < 4.78 is 12.3. The molecule has 7 aromatic carbocycles. The number of allylic oxidation sites excluding steroid dienone is 4. The highest BCUT2D eigenvalue weighted by atomic mass is 16.5. The average Bonchev–Trinajstić information content (AvgIpc) is 4.17. The van der Waals surface area contributed by atoms with Gasteiger partial charge in [0.05, 0.1) is 24.3 Å². The number of para-hydroxylation sites is 1. The highest BCUT2D eigenvalue weighted by Crippen LogP contribution is 2.66. The van der Waals surface area contributed by atoms with Crippen molar-refractivity contribution in [3.8, 4) is 33.4 Å². The Bertz CT molecular complexity index is 3160. The summed E-state index contributed by atoms with van der Waals surface area (Å²) in [6.07, 6.45) is 8.14. The molecule has 7 aromatic rings. The molecule has 1 spiro atoms. The van der Waals surface area contributed by atoms with E-state index in [4.69, 9.17) is 9.47 Å². The van der Waals surface area contributed by atoms with Gasteiger partial charge in [0.2, 0.25) is 0 Å². The van der Waals surface area contributed by atoms with Crippen molar-refractivity contribution in [2.75, 3.05) is 31.3 Å². The molecule has 0 N–H and O–H groups in total. The number of hydrogen-bond donors (Lipinski definition) is 0. The molecular formula is C62H55NO2. The molecule has 13 rings (SSSR count). The molecule has 0 amide bonds. The van der Waals surface area contributed by atoms with Gasteiger partial charge in [0.1, 0.15) is 0 Å². The molecule has 2 fully saturated rings. The summed E-state index contributed by atoms with van der Waals surface area (Å²) in [4.78, 5) is 2.55. The van der Waals surface area contributed by atoms with Crippen molar-refractivity contribution in [2.45, 2.75) is 63.2 Å². The molecule has 3 heteroatoms. The highest BCUT2D eigenvalue weighted by Gasteiger charge is 2.55. The zero-order chi connectivity index (χ0) is 43.7. The molecule has 4 unspecified atom stereocenters. The molecule has 2 saturated heterocycles. The summed E-state index contributed by atoms with van der Waals surface area (Å²) >= 11 is 0. The van der Waals surface area contributed by atoms with Crippen LogP contribution in [0.3, 0.4) is 0 Å². The summed E-state index contributed by atoms with van der Waals surface area (Å²) in [6.45, 7) is 12.8. The normalized spacial score (nSPS) is 25.0. The topological polar surface area (TPSA) is 21.7 Å². The smallest absolute Gasteiger partial charge is 0.0689 e. The quantitative estimate of drug-likeness (QED) is 0.166. The Labute approximate surface area is 384 Å². The first-order valence-electron chi connectivity index (χ1n) is 23.9. The molecular weight excluding hydrogens is 791 g/mol. The molecule has 6 aliphatic rings. The minimum atomic E-state index is -0.469. The molecule has 4 aliphatic carbocycles. The molecule has 0 bridgehead atoms. The summed E-state index contributed by atoms with van der Waals surface area (Å²) in [5, 5.41) is 0. The number of hydrogen-bond acceptors (Lipinski definition) is 3. The highest BCUT2D eigenvalue weighted by molar-refractivity contribution is 5.99. The minimum absolute atomic E-state index is 0.0336. The van der Waals surface area contributed by atoms with Crippen molar-refractivity contribution in [1.29, 1.82) is 0 Å². The summed E-state index contributed by atoms with van der Waals surface area (Å²) in [5.41, 5.74) is 23.3. The molecule has 2 aliphatic heterocycles. The zero-order valence-electron chi connectivity index (χ0n) is 38.0. The van der Waals surface area contributed by atoms with Crippen molar-refractivity contribution in [2.24, 2.45) is 11.3 Å². The number of fused-ring (bicyclic) bond motifs is 12. The lowest BCUT2D eigenvalue weighted by Gasteiger charge is -2.39. The molecule has 2 heterocycles. The predicted molar refractivity (Wildman–Crippen MR) is 266 cm³/mol. The van der Waals surface area contributed by atoms with E-state index in [1.165, 1.54) is 83.5 Å². The molecule has 320 valence electrons. The van der Waals surface area contributed by atoms with Gasteiger partial charge in [0.15, 0.2) is 0 Å². The van der Waals surface area contributed by atoms with Crippen LogP contribution < -0.4 is 4.90 Å². The number of anilines is 3. The summed E-state index contributed by atoms with van der Waals surface area (Å²) in [5.74, 6) is 0.377. The molecule has 3 nitrogen and oxygen atoms in total. The van der Waals surface area contributed by atoms with E-state index in [9.17, 15) is 0 Å². The van der Waals surface area contributed by atoms with Gasteiger partial charge in [-0.3, -0.25) is 0 Å². The van der Waals surface area contributed by atoms with E-state index in [0.29, 0.717) is 5.92 Å². The third kappa shape index (κ3) is 5.49. The Kier molecular flexibility index (Phi) is 8.50. The van der Waals surface area contributed by atoms with E-state index in [1.54, 1.807) is 0 Å². The van der Waals surface area contributed by atoms with Crippen LogP contribution in [0.25, 0.3) is 39.0 Å². The van der Waals surface area contributed by atoms with Crippen LogP contribution in [0.5, 0.6) is 0 Å². The largest absolute Gasteiger partial charge is 0.381 e. The van der Waals surface area contributed by atoms with Crippen LogP contribution in [0.4, 0.5) is 17.1 Å². The van der Waals surface area contributed by atoms with Gasteiger partial charge < -0.3 is 14.4 Å². The first-order chi connectivity index (χ1) is 31.7. The minimum Gasteiger partial charge on any atom is -0.381 e. The van der Waals surface area contributed by atoms with Crippen LogP contribution in [0.2, 0.25) is 0 Å². The monoisotopic (exact) mass is 845 g/mol. The maximum absolute atomic E-state index is 6.16. The Morgan fingerprint density at radius 2 is 1.11 bits per heavy atom. The van der Waals surface area contributed by atoms with Gasteiger partial charge in [0.25, 0.3) is 0 Å². The number of ether oxygens (including phenoxy) is 2. The lowest BCUT2D eigenvalue weighted by molar-refractivity contribution is 0.135. The van der Waals surface area contributed by atoms with E-state index in [0.717, 1.165) is 62.8 Å². The Morgan fingerprint density at radius 3 is 1.85 bits per heavy atom. The predicted octanol–water partition coefficient (Wildman–Crippen LogP) is 14.9. The number of benzene rings is 7. The van der Waals surface area contributed by atoms with Gasteiger partial charge >= 0.3 is 0 Å². The average molecular weight is 846 g/mol. The fourth-order valence-electron chi connectivity index (χ4n) is 13.1. The lowest BCUT2D eigenvalue weighted by atomic mass is 9.63. The standard InChI is InChI=1S/C62H55NO2/c1-59(2)52-19-11-8-17-46(52)48-28-24-43(36-54(48)59)63(58-21-13-10-16-45(58)40-14-6-5-7-15-40)44-25-29-51-47-18-9-12-20-53(47)62(57(51)37-44)55-34-41(60(3)30-32-64-38-60)22-26-49(55)50-27-23-42(35-56(50)62)61(4)31-33-65-39-61/h5-29,34,36-37,42H,30-33,35,38-39H2,1-4H3. The van der Waals surface area contributed by atoms with Gasteiger partial charge in [-0.2, -0.15) is 0 Å². The van der Waals surface area contributed by atoms with E-state index < -0.39 is 5.41 Å². The van der Waals surface area contributed by atoms with Crippen molar-refractivity contribution in [3.05, 3.63) is 214 Å². The van der Waals surface area contributed by atoms with Crippen molar-refractivity contribution < 1.29 is 9.47 Å². The van der Waals surface area contributed by atoms with Crippen LogP contribution in [0.15, 0.2) is 175 Å². The summed E-state index contributed by atoms with van der Waals surface area (Å²) in [7, 11) is 0. The van der Waals surface area contributed by atoms with E-state index in [2.05, 4.69) is 202 Å². The number of rotatable bonds is 6. The van der Waals surface area contributed by atoms with Crippen molar-refractivity contribution in [1.82, 2.24) is 0 Å². The van der Waals surface area contributed by atoms with E-state index >= 15 is 0 Å². The van der Waals surface area contributed by atoms with Crippen LogP contribution >= 0.6 is 0 Å². The van der Waals surface area contributed by atoms with Gasteiger partial charge in [0, 0.05) is 41.0 Å². The molecule has 0 aromatic heterocycles. The second-order valence-electron chi connectivity index (χ2n) is 20.8. The van der Waals surface area contributed by atoms with Gasteiger partial charge in [-0.25, -0.2) is 0 Å². The van der Waals surface area contributed by atoms with E-state index in [-0.39, 0.29) is 16.2 Å². The maximum Gasteiger partial charge on any atom is 0.0689 e. The second-order valence-corrected chi connectivity index (χ2v) is 20.8. The first kappa shape index (κ1) is 39.1. The van der Waals surface area contributed by atoms with Gasteiger partial charge in [-0.15, -0.1) is 0 Å².